The fourth-order valence-corrected chi connectivity index (χ4v) is 3.44. The average molecular weight is 370 g/mol. The van der Waals surface area contributed by atoms with Gasteiger partial charge in [0.05, 0.1) is 17.6 Å². The van der Waals surface area contributed by atoms with Gasteiger partial charge in [0.2, 0.25) is 0 Å². The Morgan fingerprint density at radius 2 is 1.84 bits per heavy atom. The normalized spacial score (nSPS) is 15.6. The average Bonchev–Trinajstić information content (AvgIpc) is 2.90. The van der Waals surface area contributed by atoms with E-state index < -0.39 is 5.91 Å². The SMILES string of the molecule is COc1ccccc1C(=O)NN1C(=O)C(=Cc2ccccc2)SC1=S. The molecule has 7 heteroatoms. The summed E-state index contributed by atoms with van der Waals surface area (Å²) in [5.41, 5.74) is 3.76. The minimum atomic E-state index is -0.463. The van der Waals surface area contributed by atoms with Gasteiger partial charge in [0, 0.05) is 0 Å². The molecule has 2 aromatic rings. The lowest BCUT2D eigenvalue weighted by Crippen LogP contribution is -2.44. The molecule has 0 unspecified atom stereocenters. The van der Waals surface area contributed by atoms with Gasteiger partial charge in [0.1, 0.15) is 5.75 Å². The van der Waals surface area contributed by atoms with Crippen molar-refractivity contribution in [1.82, 2.24) is 10.4 Å². The molecule has 0 aromatic heterocycles. The lowest BCUT2D eigenvalue weighted by molar-refractivity contribution is -0.123. The maximum Gasteiger partial charge on any atom is 0.285 e. The standard InChI is InChI=1S/C18H14N2O3S2/c1-23-14-10-6-5-9-13(14)16(21)19-20-17(22)15(25-18(20)24)11-12-7-3-2-4-8-12/h2-11H,1H3,(H,19,21). The van der Waals surface area contributed by atoms with Crippen molar-refractivity contribution in [3.8, 4) is 5.75 Å². The zero-order valence-corrected chi connectivity index (χ0v) is 14.9. The summed E-state index contributed by atoms with van der Waals surface area (Å²) in [6.07, 6.45) is 1.74. The molecule has 0 spiro atoms. The Balaban J connectivity index is 1.79. The number of ether oxygens (including phenoxy) is 1. The summed E-state index contributed by atoms with van der Waals surface area (Å²) < 4.78 is 5.44. The van der Waals surface area contributed by atoms with E-state index >= 15 is 0 Å². The lowest BCUT2D eigenvalue weighted by atomic mass is 10.2. The van der Waals surface area contributed by atoms with Crippen LogP contribution in [0, 0.1) is 0 Å². The number of methoxy groups -OCH3 is 1. The molecule has 1 N–H and O–H groups in total. The van der Waals surface area contributed by atoms with Crippen LogP contribution in [0.5, 0.6) is 5.75 Å². The predicted molar refractivity (Wildman–Crippen MR) is 102 cm³/mol. The number of rotatable bonds is 4. The molecule has 1 fully saturated rings. The number of benzene rings is 2. The van der Waals surface area contributed by atoms with E-state index in [-0.39, 0.29) is 10.2 Å². The Kier molecular flexibility index (Phi) is 5.16. The number of thiocarbonyl (C=S) groups is 1. The van der Waals surface area contributed by atoms with Crippen LogP contribution >= 0.6 is 24.0 Å². The molecule has 0 atom stereocenters. The van der Waals surface area contributed by atoms with Crippen molar-refractivity contribution in [3.63, 3.8) is 0 Å². The Hall–Kier alpha value is -2.64. The summed E-state index contributed by atoms with van der Waals surface area (Å²) in [5.74, 6) is -0.401. The predicted octanol–water partition coefficient (Wildman–Crippen LogP) is 3.24. The monoisotopic (exact) mass is 370 g/mol. The first-order valence-corrected chi connectivity index (χ1v) is 8.59. The van der Waals surface area contributed by atoms with Gasteiger partial charge >= 0.3 is 0 Å². The molecule has 0 saturated carbocycles. The molecular weight excluding hydrogens is 356 g/mol. The summed E-state index contributed by atoms with van der Waals surface area (Å²) in [6.45, 7) is 0. The van der Waals surface area contributed by atoms with Crippen LogP contribution < -0.4 is 10.2 Å². The van der Waals surface area contributed by atoms with Crippen molar-refractivity contribution in [3.05, 3.63) is 70.6 Å². The summed E-state index contributed by atoms with van der Waals surface area (Å²) in [7, 11) is 1.48. The number of nitrogens with zero attached hydrogens (tertiary/aromatic N) is 1. The number of para-hydroxylation sites is 1. The van der Waals surface area contributed by atoms with E-state index in [0.717, 1.165) is 22.3 Å². The van der Waals surface area contributed by atoms with Crippen LogP contribution in [-0.2, 0) is 4.79 Å². The lowest BCUT2D eigenvalue weighted by Gasteiger charge is -2.16. The van der Waals surface area contributed by atoms with Gasteiger partial charge < -0.3 is 4.74 Å². The van der Waals surface area contributed by atoms with E-state index in [2.05, 4.69) is 5.43 Å². The third-order valence-electron chi connectivity index (χ3n) is 3.46. The molecule has 2 aromatic carbocycles. The zero-order chi connectivity index (χ0) is 17.8. The van der Waals surface area contributed by atoms with Gasteiger partial charge in [-0.15, -0.1) is 0 Å². The van der Waals surface area contributed by atoms with Crippen molar-refractivity contribution < 1.29 is 14.3 Å². The molecule has 0 bridgehead atoms. The van der Waals surface area contributed by atoms with Gasteiger partial charge in [-0.3, -0.25) is 15.0 Å². The van der Waals surface area contributed by atoms with Gasteiger partial charge in [0.25, 0.3) is 11.8 Å². The molecule has 5 nitrogen and oxygen atoms in total. The molecule has 25 heavy (non-hydrogen) atoms. The van der Waals surface area contributed by atoms with Gasteiger partial charge in [-0.1, -0.05) is 54.2 Å². The number of hydrogen-bond donors (Lipinski definition) is 1. The van der Waals surface area contributed by atoms with E-state index in [1.807, 2.05) is 30.3 Å². The number of carbonyl (C=O) groups is 2. The Morgan fingerprint density at radius 3 is 2.56 bits per heavy atom. The summed E-state index contributed by atoms with van der Waals surface area (Å²) in [6, 6.07) is 16.2. The number of thioether (sulfide) groups is 1. The van der Waals surface area contributed by atoms with Gasteiger partial charge in [0.15, 0.2) is 4.32 Å². The number of carbonyl (C=O) groups excluding carboxylic acids is 2. The van der Waals surface area contributed by atoms with Crippen LogP contribution in [0.15, 0.2) is 59.5 Å². The number of nitrogens with one attached hydrogen (secondary N) is 1. The van der Waals surface area contributed by atoms with Gasteiger partial charge in [-0.05, 0) is 36.0 Å². The first-order valence-electron chi connectivity index (χ1n) is 7.37. The highest BCUT2D eigenvalue weighted by atomic mass is 32.2. The fraction of sp³-hybridized carbons (Fsp3) is 0.0556. The zero-order valence-electron chi connectivity index (χ0n) is 13.3. The minimum absolute atomic E-state index is 0.274. The van der Waals surface area contributed by atoms with Gasteiger partial charge in [-0.25, -0.2) is 0 Å². The molecule has 2 amide bonds. The van der Waals surface area contributed by atoms with Crippen LogP contribution in [0.2, 0.25) is 0 Å². The number of amides is 2. The third-order valence-corrected chi connectivity index (χ3v) is 4.76. The van der Waals surface area contributed by atoms with Gasteiger partial charge in [-0.2, -0.15) is 5.01 Å². The highest BCUT2D eigenvalue weighted by Gasteiger charge is 2.34. The maximum atomic E-state index is 12.5. The smallest absolute Gasteiger partial charge is 0.285 e. The fourth-order valence-electron chi connectivity index (χ4n) is 2.26. The maximum absolute atomic E-state index is 12.5. The third kappa shape index (κ3) is 3.72. The summed E-state index contributed by atoms with van der Waals surface area (Å²) >= 11 is 6.37. The van der Waals surface area contributed by atoms with Crippen molar-refractivity contribution in [2.75, 3.05) is 7.11 Å². The van der Waals surface area contributed by atoms with Crippen LogP contribution in [0.4, 0.5) is 0 Å². The second-order valence-corrected chi connectivity index (χ2v) is 6.74. The van der Waals surface area contributed by atoms with Crippen LogP contribution in [0.3, 0.4) is 0 Å². The van der Waals surface area contributed by atoms with E-state index in [4.69, 9.17) is 17.0 Å². The Morgan fingerprint density at radius 1 is 1.16 bits per heavy atom. The Labute approximate surface area is 154 Å². The van der Waals surface area contributed by atoms with Crippen molar-refractivity contribution >= 4 is 46.2 Å². The molecule has 0 aliphatic carbocycles. The molecule has 3 rings (SSSR count). The van der Waals surface area contributed by atoms with Crippen LogP contribution in [0.25, 0.3) is 6.08 Å². The van der Waals surface area contributed by atoms with E-state index in [1.165, 1.54) is 7.11 Å². The van der Waals surface area contributed by atoms with E-state index in [0.29, 0.717) is 16.2 Å². The largest absolute Gasteiger partial charge is 0.496 e. The molecule has 1 aliphatic rings. The highest BCUT2D eigenvalue weighted by molar-refractivity contribution is 8.26. The number of hydrazine groups is 1. The van der Waals surface area contributed by atoms with Crippen LogP contribution in [-0.4, -0.2) is 28.3 Å². The van der Waals surface area contributed by atoms with Crippen LogP contribution in [0.1, 0.15) is 15.9 Å². The molecule has 1 heterocycles. The second-order valence-electron chi connectivity index (χ2n) is 5.07. The highest BCUT2D eigenvalue weighted by Crippen LogP contribution is 2.31. The first-order chi connectivity index (χ1) is 12.1. The van der Waals surface area contributed by atoms with E-state index in [9.17, 15) is 9.59 Å². The second kappa shape index (κ2) is 7.50. The Bertz CT molecular complexity index is 866. The van der Waals surface area contributed by atoms with Crippen molar-refractivity contribution in [2.45, 2.75) is 0 Å². The van der Waals surface area contributed by atoms with Crippen molar-refractivity contribution in [2.24, 2.45) is 0 Å². The summed E-state index contributed by atoms with van der Waals surface area (Å²) in [5, 5.41) is 1.09. The summed E-state index contributed by atoms with van der Waals surface area (Å²) in [4.78, 5) is 25.5. The quantitative estimate of drug-likeness (QED) is 0.661. The van der Waals surface area contributed by atoms with Crippen molar-refractivity contribution in [1.29, 1.82) is 0 Å². The molecule has 1 saturated heterocycles. The molecular formula is C18H14N2O3S2. The molecule has 1 aliphatic heterocycles. The van der Waals surface area contributed by atoms with E-state index in [1.54, 1.807) is 30.3 Å². The first kappa shape index (κ1) is 17.2. The molecule has 126 valence electrons. The number of hydrogen-bond acceptors (Lipinski definition) is 5. The molecule has 0 radical (unpaired) electrons. The topological polar surface area (TPSA) is 58.6 Å². The minimum Gasteiger partial charge on any atom is -0.496 e.